The molecular formula is C17H20N4O3S. The van der Waals surface area contributed by atoms with Gasteiger partial charge in [-0.2, -0.15) is 0 Å². The third-order valence-electron chi connectivity index (χ3n) is 3.68. The Morgan fingerprint density at radius 3 is 2.76 bits per heavy atom. The standard InChI is InChI=1S/C17H20N4O3S/c1-11-10-12(19-24-11)16(22)21(9-8-20(2)3)17-18-15-13(23-4)6-5-7-14(15)25-17/h5-7,10H,8-9H2,1-4H3. The van der Waals surface area contributed by atoms with E-state index in [1.54, 1.807) is 25.0 Å². The zero-order chi connectivity index (χ0) is 18.0. The van der Waals surface area contributed by atoms with Crippen LogP contribution in [0.1, 0.15) is 16.2 Å². The molecule has 0 saturated heterocycles. The van der Waals surface area contributed by atoms with Crippen LogP contribution in [0.5, 0.6) is 5.75 Å². The van der Waals surface area contributed by atoms with Crippen molar-refractivity contribution in [3.05, 3.63) is 35.7 Å². The first kappa shape index (κ1) is 17.4. The van der Waals surface area contributed by atoms with E-state index in [1.807, 2.05) is 37.2 Å². The zero-order valence-corrected chi connectivity index (χ0v) is 15.5. The van der Waals surface area contributed by atoms with Crippen molar-refractivity contribution in [2.45, 2.75) is 6.92 Å². The van der Waals surface area contributed by atoms with Crippen molar-refractivity contribution in [2.75, 3.05) is 39.2 Å². The van der Waals surface area contributed by atoms with Gasteiger partial charge >= 0.3 is 0 Å². The lowest BCUT2D eigenvalue weighted by molar-refractivity contribution is 0.0976. The number of ether oxygens (including phenoxy) is 1. The summed E-state index contributed by atoms with van der Waals surface area (Å²) in [7, 11) is 5.54. The van der Waals surface area contributed by atoms with E-state index in [9.17, 15) is 4.79 Å². The van der Waals surface area contributed by atoms with Crippen LogP contribution in [0.25, 0.3) is 10.2 Å². The van der Waals surface area contributed by atoms with E-state index in [4.69, 9.17) is 9.26 Å². The molecule has 0 aliphatic rings. The third kappa shape index (κ3) is 3.64. The summed E-state index contributed by atoms with van der Waals surface area (Å²) in [6.45, 7) is 2.96. The molecule has 2 aromatic heterocycles. The molecule has 0 N–H and O–H groups in total. The Bertz CT molecular complexity index is 887. The maximum absolute atomic E-state index is 12.9. The monoisotopic (exact) mass is 360 g/mol. The Labute approximate surface area is 149 Å². The van der Waals surface area contributed by atoms with Gasteiger partial charge in [-0.3, -0.25) is 9.69 Å². The molecule has 7 nitrogen and oxygen atoms in total. The van der Waals surface area contributed by atoms with Gasteiger partial charge in [0.1, 0.15) is 17.0 Å². The molecule has 0 spiro atoms. The van der Waals surface area contributed by atoms with E-state index in [-0.39, 0.29) is 11.6 Å². The average molecular weight is 360 g/mol. The Hall–Kier alpha value is -2.45. The molecule has 1 amide bonds. The number of carbonyl (C=O) groups excluding carboxylic acids is 1. The maximum Gasteiger partial charge on any atom is 0.282 e. The number of hydrogen-bond donors (Lipinski definition) is 0. The summed E-state index contributed by atoms with van der Waals surface area (Å²) < 4.78 is 11.4. The number of methoxy groups -OCH3 is 1. The SMILES string of the molecule is COc1cccc2sc(N(CCN(C)C)C(=O)c3cc(C)on3)nc12. The van der Waals surface area contributed by atoms with Crippen LogP contribution in [0.15, 0.2) is 28.8 Å². The lowest BCUT2D eigenvalue weighted by Crippen LogP contribution is -2.36. The number of anilines is 1. The van der Waals surface area contributed by atoms with Gasteiger partial charge in [0.2, 0.25) is 0 Å². The molecule has 2 heterocycles. The number of fused-ring (bicyclic) bond motifs is 1. The number of amides is 1. The summed E-state index contributed by atoms with van der Waals surface area (Å²) >= 11 is 1.45. The van der Waals surface area contributed by atoms with E-state index >= 15 is 0 Å². The highest BCUT2D eigenvalue weighted by molar-refractivity contribution is 7.22. The molecule has 0 fully saturated rings. The molecule has 0 aliphatic carbocycles. The maximum atomic E-state index is 12.9. The highest BCUT2D eigenvalue weighted by Crippen LogP contribution is 2.34. The summed E-state index contributed by atoms with van der Waals surface area (Å²) in [5.74, 6) is 1.07. The van der Waals surface area contributed by atoms with Gasteiger partial charge in [0.25, 0.3) is 5.91 Å². The summed E-state index contributed by atoms with van der Waals surface area (Å²) in [5, 5.41) is 4.47. The lowest BCUT2D eigenvalue weighted by Gasteiger charge is -2.20. The van der Waals surface area contributed by atoms with Gasteiger partial charge in [0.05, 0.1) is 11.8 Å². The highest BCUT2D eigenvalue weighted by atomic mass is 32.1. The Morgan fingerprint density at radius 1 is 1.32 bits per heavy atom. The van der Waals surface area contributed by atoms with E-state index < -0.39 is 0 Å². The predicted molar refractivity (Wildman–Crippen MR) is 97.6 cm³/mol. The second-order valence-electron chi connectivity index (χ2n) is 5.89. The van der Waals surface area contributed by atoms with Gasteiger partial charge in [0, 0.05) is 19.2 Å². The van der Waals surface area contributed by atoms with E-state index in [2.05, 4.69) is 10.1 Å². The minimum atomic E-state index is -0.225. The number of benzene rings is 1. The van der Waals surface area contributed by atoms with Gasteiger partial charge in [0.15, 0.2) is 10.8 Å². The van der Waals surface area contributed by atoms with Crippen molar-refractivity contribution in [3.63, 3.8) is 0 Å². The number of para-hydroxylation sites is 1. The lowest BCUT2D eigenvalue weighted by atomic mass is 10.3. The Kier molecular flexibility index (Phi) is 5.00. The number of aromatic nitrogens is 2. The van der Waals surface area contributed by atoms with E-state index in [0.717, 1.165) is 10.2 Å². The summed E-state index contributed by atoms with van der Waals surface area (Å²) in [6.07, 6.45) is 0. The molecule has 0 radical (unpaired) electrons. The van der Waals surface area contributed by atoms with E-state index in [1.165, 1.54) is 11.3 Å². The summed E-state index contributed by atoms with van der Waals surface area (Å²) in [5.41, 5.74) is 1.03. The van der Waals surface area contributed by atoms with Crippen LogP contribution in [-0.2, 0) is 0 Å². The fourth-order valence-corrected chi connectivity index (χ4v) is 3.39. The van der Waals surface area contributed by atoms with Crippen molar-refractivity contribution in [1.82, 2.24) is 15.0 Å². The second-order valence-corrected chi connectivity index (χ2v) is 6.90. The number of carbonyl (C=O) groups is 1. The molecule has 132 valence electrons. The molecule has 8 heteroatoms. The molecule has 3 rings (SSSR count). The highest BCUT2D eigenvalue weighted by Gasteiger charge is 2.24. The van der Waals surface area contributed by atoms with Crippen LogP contribution in [0.2, 0.25) is 0 Å². The third-order valence-corrected chi connectivity index (χ3v) is 4.73. The quantitative estimate of drug-likeness (QED) is 0.673. The van der Waals surface area contributed by atoms with Crippen molar-refractivity contribution in [2.24, 2.45) is 0 Å². The summed E-state index contributed by atoms with van der Waals surface area (Å²) in [4.78, 5) is 21.2. The molecule has 3 aromatic rings. The molecule has 0 saturated carbocycles. The normalized spacial score (nSPS) is 11.2. The Morgan fingerprint density at radius 2 is 2.12 bits per heavy atom. The zero-order valence-electron chi connectivity index (χ0n) is 14.6. The van der Waals surface area contributed by atoms with Crippen LogP contribution in [0.4, 0.5) is 5.13 Å². The average Bonchev–Trinajstić information content (AvgIpc) is 3.20. The first-order chi connectivity index (χ1) is 12.0. The number of likely N-dealkylation sites (N-methyl/N-ethyl adjacent to an activating group) is 1. The van der Waals surface area contributed by atoms with Crippen LogP contribution < -0.4 is 9.64 Å². The molecule has 0 aliphatic heterocycles. The molecule has 25 heavy (non-hydrogen) atoms. The second kappa shape index (κ2) is 7.20. The smallest absolute Gasteiger partial charge is 0.282 e. The first-order valence-electron chi connectivity index (χ1n) is 7.83. The van der Waals surface area contributed by atoms with Crippen molar-refractivity contribution < 1.29 is 14.1 Å². The minimum Gasteiger partial charge on any atom is -0.494 e. The van der Waals surface area contributed by atoms with Crippen LogP contribution in [0, 0.1) is 6.92 Å². The van der Waals surface area contributed by atoms with Gasteiger partial charge in [-0.1, -0.05) is 22.6 Å². The number of rotatable bonds is 6. The van der Waals surface area contributed by atoms with Gasteiger partial charge in [-0.15, -0.1) is 0 Å². The number of aryl methyl sites for hydroxylation is 1. The fourth-order valence-electron chi connectivity index (χ4n) is 2.38. The van der Waals surface area contributed by atoms with Gasteiger partial charge in [-0.05, 0) is 33.2 Å². The topological polar surface area (TPSA) is 71.7 Å². The van der Waals surface area contributed by atoms with Crippen LogP contribution >= 0.6 is 11.3 Å². The molecule has 1 aromatic carbocycles. The number of hydrogen-bond acceptors (Lipinski definition) is 7. The van der Waals surface area contributed by atoms with Crippen molar-refractivity contribution in [3.8, 4) is 5.75 Å². The molecular weight excluding hydrogens is 340 g/mol. The van der Waals surface area contributed by atoms with Gasteiger partial charge in [-0.25, -0.2) is 4.98 Å². The fraction of sp³-hybridized carbons (Fsp3) is 0.353. The summed E-state index contributed by atoms with van der Waals surface area (Å²) in [6, 6.07) is 7.38. The van der Waals surface area contributed by atoms with Crippen molar-refractivity contribution >= 4 is 32.6 Å². The molecule has 0 unspecified atom stereocenters. The minimum absolute atomic E-state index is 0.225. The van der Waals surface area contributed by atoms with Crippen LogP contribution in [0.3, 0.4) is 0 Å². The predicted octanol–water partition coefficient (Wildman–Crippen LogP) is 2.81. The van der Waals surface area contributed by atoms with Crippen molar-refractivity contribution in [1.29, 1.82) is 0 Å². The largest absolute Gasteiger partial charge is 0.494 e. The molecule has 0 bridgehead atoms. The van der Waals surface area contributed by atoms with E-state index in [0.29, 0.717) is 29.7 Å². The number of nitrogens with zero attached hydrogens (tertiary/aromatic N) is 4. The first-order valence-corrected chi connectivity index (χ1v) is 8.64. The number of thiazole rings is 1. The Balaban J connectivity index is 2.00. The molecule has 0 atom stereocenters. The van der Waals surface area contributed by atoms with Crippen LogP contribution in [-0.4, -0.2) is 55.2 Å². The van der Waals surface area contributed by atoms with Gasteiger partial charge < -0.3 is 14.2 Å².